The number of amides is 2. The largest absolute Gasteiger partial charge is 0.416 e. The number of nitriles is 1. The Labute approximate surface area is 211 Å². The summed E-state index contributed by atoms with van der Waals surface area (Å²) in [6.07, 6.45) is 0.316. The van der Waals surface area contributed by atoms with Gasteiger partial charge in [-0.05, 0) is 30.4 Å². The standard InChI is InChI=1S/C25H26F3N7O2/c1-24(2,3)20(23(37)35-8-5-14(11-29)6-9-35)34-22(36)16-12-31-21-19(16)33-18(13-32-21)17-10-15(4-7-30-17)25(26,27)28/h4,7,10,12-14,20H,5-6,8-9H2,1-3H3,(H,31,32)(H,34,36)/t20-/m0/s1. The molecular weight excluding hydrogens is 487 g/mol. The molecule has 0 radical (unpaired) electrons. The molecule has 3 aromatic rings. The molecule has 1 aliphatic rings. The number of H-pyrrole nitrogens is 1. The molecule has 1 fully saturated rings. The van der Waals surface area contributed by atoms with Crippen LogP contribution < -0.4 is 5.32 Å². The third kappa shape index (κ3) is 5.55. The second kappa shape index (κ2) is 9.80. The number of hydrogen-bond acceptors (Lipinski definition) is 6. The van der Waals surface area contributed by atoms with E-state index in [-0.39, 0.29) is 39.9 Å². The SMILES string of the molecule is CC(C)(C)[C@@H](NC(=O)c1c[nH]c2ncc(-c3cc(C(F)(F)F)ccn3)nc12)C(=O)N1CCC(C#N)CC1. The van der Waals surface area contributed by atoms with E-state index in [0.29, 0.717) is 25.9 Å². The van der Waals surface area contributed by atoms with Crippen molar-refractivity contribution in [3.8, 4) is 17.5 Å². The van der Waals surface area contributed by atoms with Gasteiger partial charge in [0.05, 0.1) is 29.1 Å². The number of halogens is 3. The van der Waals surface area contributed by atoms with Crippen LogP contribution in [0, 0.1) is 22.7 Å². The van der Waals surface area contributed by atoms with Crippen molar-refractivity contribution in [3.05, 3.63) is 41.9 Å². The molecule has 2 N–H and O–H groups in total. The molecule has 1 aliphatic heterocycles. The summed E-state index contributed by atoms with van der Waals surface area (Å²) in [6.45, 7) is 6.38. The van der Waals surface area contributed by atoms with E-state index < -0.39 is 29.1 Å². The lowest BCUT2D eigenvalue weighted by atomic mass is 9.85. The second-order valence-electron chi connectivity index (χ2n) is 10.1. The second-order valence-corrected chi connectivity index (χ2v) is 10.1. The summed E-state index contributed by atoms with van der Waals surface area (Å²) in [6, 6.07) is 3.10. The highest BCUT2D eigenvalue weighted by atomic mass is 19.4. The van der Waals surface area contributed by atoms with Crippen LogP contribution >= 0.6 is 0 Å². The van der Waals surface area contributed by atoms with Crippen LogP contribution in [0.5, 0.6) is 0 Å². The maximum atomic E-state index is 13.4. The van der Waals surface area contributed by atoms with Gasteiger partial charge in [-0.2, -0.15) is 18.4 Å². The Kier molecular flexibility index (Phi) is 6.90. The summed E-state index contributed by atoms with van der Waals surface area (Å²) in [7, 11) is 0. The minimum absolute atomic E-state index is 0.0414. The molecule has 0 saturated carbocycles. The third-order valence-electron chi connectivity index (χ3n) is 6.35. The van der Waals surface area contributed by atoms with Crippen molar-refractivity contribution in [2.75, 3.05) is 13.1 Å². The molecule has 2 amide bonds. The van der Waals surface area contributed by atoms with Crippen molar-refractivity contribution in [1.29, 1.82) is 5.26 Å². The molecule has 0 spiro atoms. The van der Waals surface area contributed by atoms with E-state index in [1.807, 2.05) is 20.8 Å². The number of nitrogens with one attached hydrogen (secondary N) is 2. The molecule has 0 aromatic carbocycles. The van der Waals surface area contributed by atoms with Gasteiger partial charge in [0.2, 0.25) is 5.91 Å². The van der Waals surface area contributed by atoms with E-state index in [0.717, 1.165) is 18.3 Å². The summed E-state index contributed by atoms with van der Waals surface area (Å²) >= 11 is 0. The lowest BCUT2D eigenvalue weighted by molar-refractivity contribution is -0.138. The number of pyridine rings is 1. The molecule has 0 aliphatic carbocycles. The number of alkyl halides is 3. The highest BCUT2D eigenvalue weighted by Gasteiger charge is 2.37. The van der Waals surface area contributed by atoms with Gasteiger partial charge >= 0.3 is 6.18 Å². The quantitative estimate of drug-likeness (QED) is 0.544. The summed E-state index contributed by atoms with van der Waals surface area (Å²) in [5, 5.41) is 11.9. The third-order valence-corrected chi connectivity index (χ3v) is 6.35. The van der Waals surface area contributed by atoms with Crippen LogP contribution in [0.3, 0.4) is 0 Å². The lowest BCUT2D eigenvalue weighted by Gasteiger charge is -2.37. The number of aromatic amines is 1. The predicted molar refractivity (Wildman–Crippen MR) is 128 cm³/mol. The number of fused-ring (bicyclic) bond motifs is 1. The van der Waals surface area contributed by atoms with Crippen molar-refractivity contribution in [2.24, 2.45) is 11.3 Å². The van der Waals surface area contributed by atoms with Gasteiger partial charge in [0.1, 0.15) is 17.3 Å². The smallest absolute Gasteiger partial charge is 0.344 e. The Morgan fingerprint density at radius 2 is 1.89 bits per heavy atom. The number of nitrogens with zero attached hydrogens (tertiary/aromatic N) is 5. The molecule has 37 heavy (non-hydrogen) atoms. The van der Waals surface area contributed by atoms with E-state index in [9.17, 15) is 22.8 Å². The summed E-state index contributed by atoms with van der Waals surface area (Å²) in [5.41, 5.74) is -0.971. The fourth-order valence-corrected chi connectivity index (χ4v) is 4.20. The van der Waals surface area contributed by atoms with E-state index in [4.69, 9.17) is 5.26 Å². The number of likely N-dealkylation sites (tertiary alicyclic amines) is 1. The Morgan fingerprint density at radius 3 is 2.51 bits per heavy atom. The number of hydrogen-bond donors (Lipinski definition) is 2. The first-order chi connectivity index (χ1) is 17.4. The molecule has 12 heteroatoms. The van der Waals surface area contributed by atoms with Gasteiger partial charge in [-0.3, -0.25) is 14.6 Å². The van der Waals surface area contributed by atoms with Crippen LogP contribution in [0.1, 0.15) is 49.5 Å². The molecule has 1 saturated heterocycles. The molecule has 4 rings (SSSR count). The summed E-state index contributed by atoms with van der Waals surface area (Å²) in [5.74, 6) is -0.899. The first-order valence-electron chi connectivity index (χ1n) is 11.8. The molecule has 3 aromatic heterocycles. The fraction of sp³-hybridized carbons (Fsp3) is 0.440. The van der Waals surface area contributed by atoms with Crippen LogP contribution in [0.15, 0.2) is 30.7 Å². The van der Waals surface area contributed by atoms with E-state index in [1.54, 1.807) is 4.90 Å². The Bertz CT molecular complexity index is 1360. The number of carbonyl (C=O) groups excluding carboxylic acids is 2. The van der Waals surface area contributed by atoms with E-state index >= 15 is 0 Å². The lowest BCUT2D eigenvalue weighted by Crippen LogP contribution is -2.56. The molecule has 4 heterocycles. The first-order valence-corrected chi connectivity index (χ1v) is 11.8. The Hall–Kier alpha value is -4.01. The zero-order valence-corrected chi connectivity index (χ0v) is 20.6. The number of piperidine rings is 1. The molecule has 0 bridgehead atoms. The van der Waals surface area contributed by atoms with Gasteiger partial charge in [0.25, 0.3) is 5.91 Å². The van der Waals surface area contributed by atoms with Gasteiger partial charge in [0, 0.05) is 31.4 Å². The van der Waals surface area contributed by atoms with E-state index in [1.165, 1.54) is 12.4 Å². The van der Waals surface area contributed by atoms with Crippen LogP contribution in [-0.2, 0) is 11.0 Å². The maximum Gasteiger partial charge on any atom is 0.416 e. The number of rotatable bonds is 4. The minimum atomic E-state index is -4.55. The van der Waals surface area contributed by atoms with Crippen LogP contribution in [-0.4, -0.2) is 55.8 Å². The van der Waals surface area contributed by atoms with Crippen molar-refractivity contribution in [2.45, 2.75) is 45.8 Å². The van der Waals surface area contributed by atoms with Crippen LogP contribution in [0.2, 0.25) is 0 Å². The van der Waals surface area contributed by atoms with Gasteiger partial charge in [-0.25, -0.2) is 9.97 Å². The van der Waals surface area contributed by atoms with Crippen LogP contribution in [0.25, 0.3) is 22.6 Å². The average Bonchev–Trinajstić information content (AvgIpc) is 3.29. The minimum Gasteiger partial charge on any atom is -0.344 e. The zero-order chi connectivity index (χ0) is 27.0. The highest BCUT2D eigenvalue weighted by Crippen LogP contribution is 2.31. The van der Waals surface area contributed by atoms with Gasteiger partial charge < -0.3 is 15.2 Å². The molecule has 1 atom stereocenters. The zero-order valence-electron chi connectivity index (χ0n) is 20.6. The molecule has 9 nitrogen and oxygen atoms in total. The van der Waals surface area contributed by atoms with Gasteiger partial charge in [-0.15, -0.1) is 0 Å². The normalized spacial score (nSPS) is 15.9. The predicted octanol–water partition coefficient (Wildman–Crippen LogP) is 3.95. The maximum absolute atomic E-state index is 13.4. The van der Waals surface area contributed by atoms with E-state index in [2.05, 4.69) is 31.3 Å². The monoisotopic (exact) mass is 513 g/mol. The topological polar surface area (TPSA) is 128 Å². The average molecular weight is 514 g/mol. The van der Waals surface area contributed by atoms with Gasteiger partial charge in [-0.1, -0.05) is 20.8 Å². The van der Waals surface area contributed by atoms with Crippen molar-refractivity contribution in [1.82, 2.24) is 30.2 Å². The number of aromatic nitrogens is 4. The van der Waals surface area contributed by atoms with Crippen molar-refractivity contribution < 1.29 is 22.8 Å². The van der Waals surface area contributed by atoms with Crippen molar-refractivity contribution in [3.63, 3.8) is 0 Å². The van der Waals surface area contributed by atoms with Crippen LogP contribution in [0.4, 0.5) is 13.2 Å². The highest BCUT2D eigenvalue weighted by molar-refractivity contribution is 6.06. The molecular formula is C25H26F3N7O2. The Morgan fingerprint density at radius 1 is 1.19 bits per heavy atom. The first kappa shape index (κ1) is 26.1. The van der Waals surface area contributed by atoms with Gasteiger partial charge in [0.15, 0.2) is 5.65 Å². The molecule has 0 unspecified atom stereocenters. The Balaban J connectivity index is 1.61. The fourth-order valence-electron chi connectivity index (χ4n) is 4.20. The number of carbonyl (C=O) groups is 2. The molecule has 194 valence electrons. The summed E-state index contributed by atoms with van der Waals surface area (Å²) in [4.78, 5) is 43.7. The summed E-state index contributed by atoms with van der Waals surface area (Å²) < 4.78 is 39.4. The van der Waals surface area contributed by atoms with Crippen molar-refractivity contribution >= 4 is 23.0 Å².